The van der Waals surface area contributed by atoms with Crippen molar-refractivity contribution in [2.45, 2.75) is 6.54 Å². The Hall–Kier alpha value is -2.90. The average Bonchev–Trinajstić information content (AvgIpc) is 2.84. The number of nitrogens with one attached hydrogen (secondary N) is 2. The number of amides is 2. The van der Waals surface area contributed by atoms with Gasteiger partial charge in [-0.15, -0.1) is 0 Å². The largest absolute Gasteiger partial charge is 0.399 e. The molecule has 2 rings (SSSR count). The number of hydrogen-bond acceptors (Lipinski definition) is 4. The molecule has 2 amide bonds. The number of carbonyl (C=O) groups is 2. The number of halogens is 1. The van der Waals surface area contributed by atoms with E-state index in [9.17, 15) is 14.0 Å². The second-order valence-corrected chi connectivity index (χ2v) is 4.33. The number of carbonyl (C=O) groups excluding carboxylic acids is 2. The lowest BCUT2D eigenvalue weighted by Gasteiger charge is -2.04. The smallest absolute Gasteiger partial charge is 0.255 e. The minimum absolute atomic E-state index is 0.0410. The molecule has 1 aromatic carbocycles. The van der Waals surface area contributed by atoms with Crippen LogP contribution in [0, 0.1) is 5.82 Å². The van der Waals surface area contributed by atoms with Crippen LogP contribution in [0.5, 0.6) is 0 Å². The van der Waals surface area contributed by atoms with Crippen molar-refractivity contribution in [2.75, 3.05) is 18.1 Å². The van der Waals surface area contributed by atoms with Crippen molar-refractivity contribution in [1.82, 2.24) is 15.1 Å². The minimum Gasteiger partial charge on any atom is -0.399 e. The molecule has 1 aromatic heterocycles. The molecule has 1 heterocycles. The highest BCUT2D eigenvalue weighted by Gasteiger charge is 2.10. The van der Waals surface area contributed by atoms with E-state index in [-0.39, 0.29) is 23.7 Å². The molecule has 4 N–H and O–H groups in total. The highest BCUT2D eigenvalue weighted by atomic mass is 19.1. The molecule has 0 unspecified atom stereocenters. The van der Waals surface area contributed by atoms with Crippen LogP contribution in [0.2, 0.25) is 0 Å². The summed E-state index contributed by atoms with van der Waals surface area (Å²) >= 11 is 0. The fourth-order valence-corrected chi connectivity index (χ4v) is 1.69. The summed E-state index contributed by atoms with van der Waals surface area (Å²) in [6.45, 7) is 0.0410. The van der Waals surface area contributed by atoms with Crippen molar-refractivity contribution in [3.05, 3.63) is 42.0 Å². The number of likely N-dealkylation sites (N-methyl/N-ethyl adjacent to an activating group) is 1. The third-order valence-electron chi connectivity index (χ3n) is 2.66. The SMILES string of the molecule is CNC(=O)Cn1cc(NC(=O)c2cc(N)cc(F)c2)cn1. The Bertz CT molecular complexity index is 663. The summed E-state index contributed by atoms with van der Waals surface area (Å²) in [5.41, 5.74) is 6.14. The van der Waals surface area contributed by atoms with Gasteiger partial charge in [-0.05, 0) is 18.2 Å². The Balaban J connectivity index is 2.07. The summed E-state index contributed by atoms with van der Waals surface area (Å²) in [6.07, 6.45) is 2.89. The molecule has 0 atom stereocenters. The Morgan fingerprint density at radius 3 is 2.81 bits per heavy atom. The van der Waals surface area contributed by atoms with Gasteiger partial charge in [0.2, 0.25) is 5.91 Å². The molecule has 0 aliphatic heterocycles. The van der Waals surface area contributed by atoms with E-state index < -0.39 is 11.7 Å². The van der Waals surface area contributed by atoms with Gasteiger partial charge in [-0.3, -0.25) is 14.3 Å². The first-order valence-electron chi connectivity index (χ1n) is 6.08. The van der Waals surface area contributed by atoms with Crippen molar-refractivity contribution >= 4 is 23.2 Å². The molecular weight excluding hydrogens is 277 g/mol. The van der Waals surface area contributed by atoms with Gasteiger partial charge in [0.15, 0.2) is 0 Å². The molecule has 0 bridgehead atoms. The van der Waals surface area contributed by atoms with Crippen LogP contribution in [0.4, 0.5) is 15.8 Å². The lowest BCUT2D eigenvalue weighted by molar-refractivity contribution is -0.121. The van der Waals surface area contributed by atoms with E-state index in [4.69, 9.17) is 5.73 Å². The van der Waals surface area contributed by atoms with Crippen molar-refractivity contribution in [2.24, 2.45) is 0 Å². The lowest BCUT2D eigenvalue weighted by atomic mass is 10.2. The van der Waals surface area contributed by atoms with Crippen LogP contribution in [0.1, 0.15) is 10.4 Å². The molecule has 21 heavy (non-hydrogen) atoms. The summed E-state index contributed by atoms with van der Waals surface area (Å²) in [5, 5.41) is 8.94. The molecule has 0 radical (unpaired) electrons. The number of anilines is 2. The van der Waals surface area contributed by atoms with Gasteiger partial charge < -0.3 is 16.4 Å². The second-order valence-electron chi connectivity index (χ2n) is 4.33. The Labute approximate surface area is 119 Å². The monoisotopic (exact) mass is 291 g/mol. The molecule has 0 spiro atoms. The fraction of sp³-hybridized carbons (Fsp3) is 0.154. The fourth-order valence-electron chi connectivity index (χ4n) is 1.69. The first kappa shape index (κ1) is 14.5. The lowest BCUT2D eigenvalue weighted by Crippen LogP contribution is -2.23. The number of nitrogen functional groups attached to an aromatic ring is 1. The zero-order valence-corrected chi connectivity index (χ0v) is 11.3. The number of benzene rings is 1. The molecule has 8 heteroatoms. The third-order valence-corrected chi connectivity index (χ3v) is 2.66. The molecular formula is C13H14FN5O2. The van der Waals surface area contributed by atoms with Crippen molar-refractivity contribution in [3.8, 4) is 0 Å². The van der Waals surface area contributed by atoms with Crippen LogP contribution in [-0.2, 0) is 11.3 Å². The maximum absolute atomic E-state index is 13.2. The van der Waals surface area contributed by atoms with Crippen molar-refractivity contribution in [1.29, 1.82) is 0 Å². The number of nitrogens with two attached hydrogens (primary N) is 1. The van der Waals surface area contributed by atoms with Crippen LogP contribution in [0.15, 0.2) is 30.6 Å². The van der Waals surface area contributed by atoms with Crippen molar-refractivity contribution in [3.63, 3.8) is 0 Å². The first-order valence-corrected chi connectivity index (χ1v) is 6.08. The molecule has 0 aliphatic rings. The molecule has 0 saturated heterocycles. The molecule has 0 saturated carbocycles. The van der Waals surface area contributed by atoms with E-state index in [1.54, 1.807) is 0 Å². The van der Waals surface area contributed by atoms with Gasteiger partial charge in [0.1, 0.15) is 12.4 Å². The van der Waals surface area contributed by atoms with E-state index in [2.05, 4.69) is 15.7 Å². The van der Waals surface area contributed by atoms with E-state index in [1.165, 1.54) is 30.2 Å². The molecule has 2 aromatic rings. The minimum atomic E-state index is -0.588. The van der Waals surface area contributed by atoms with Gasteiger partial charge in [0.05, 0.1) is 11.9 Å². The van der Waals surface area contributed by atoms with Gasteiger partial charge in [-0.25, -0.2) is 4.39 Å². The Morgan fingerprint density at radius 2 is 2.14 bits per heavy atom. The zero-order chi connectivity index (χ0) is 15.4. The molecule has 0 aliphatic carbocycles. The maximum Gasteiger partial charge on any atom is 0.255 e. The Kier molecular flexibility index (Phi) is 4.17. The predicted molar refractivity (Wildman–Crippen MR) is 75.1 cm³/mol. The van der Waals surface area contributed by atoms with Crippen LogP contribution in [0.25, 0.3) is 0 Å². The van der Waals surface area contributed by atoms with Crippen LogP contribution < -0.4 is 16.4 Å². The maximum atomic E-state index is 13.2. The normalized spacial score (nSPS) is 10.2. The summed E-state index contributed by atoms with van der Waals surface area (Å²) in [7, 11) is 1.52. The first-order chi connectivity index (χ1) is 9.97. The summed E-state index contributed by atoms with van der Waals surface area (Å²) in [4.78, 5) is 23.2. The van der Waals surface area contributed by atoms with Gasteiger partial charge in [0.25, 0.3) is 5.91 Å². The van der Waals surface area contributed by atoms with Crippen LogP contribution in [-0.4, -0.2) is 28.6 Å². The standard InChI is InChI=1S/C13H14FN5O2/c1-16-12(20)7-19-6-11(5-17-19)18-13(21)8-2-9(14)4-10(15)3-8/h2-6H,7,15H2,1H3,(H,16,20)(H,18,21). The topological polar surface area (TPSA) is 102 Å². The van der Waals surface area contributed by atoms with Crippen LogP contribution >= 0.6 is 0 Å². The van der Waals surface area contributed by atoms with Gasteiger partial charge in [0, 0.05) is 24.5 Å². The predicted octanol–water partition coefficient (Wildman–Crippen LogP) is 0.603. The Morgan fingerprint density at radius 1 is 1.38 bits per heavy atom. The summed E-state index contributed by atoms with van der Waals surface area (Å²) in [5.74, 6) is -1.31. The highest BCUT2D eigenvalue weighted by Crippen LogP contribution is 2.13. The van der Waals surface area contributed by atoms with Gasteiger partial charge >= 0.3 is 0 Å². The van der Waals surface area contributed by atoms with E-state index in [0.717, 1.165) is 12.1 Å². The van der Waals surface area contributed by atoms with Gasteiger partial charge in [-0.2, -0.15) is 5.10 Å². The van der Waals surface area contributed by atoms with E-state index in [1.807, 2.05) is 0 Å². The van der Waals surface area contributed by atoms with E-state index in [0.29, 0.717) is 5.69 Å². The van der Waals surface area contributed by atoms with Crippen LogP contribution in [0.3, 0.4) is 0 Å². The molecule has 7 nitrogen and oxygen atoms in total. The van der Waals surface area contributed by atoms with Gasteiger partial charge in [-0.1, -0.05) is 0 Å². The number of nitrogens with zero attached hydrogens (tertiary/aromatic N) is 2. The average molecular weight is 291 g/mol. The highest BCUT2D eigenvalue weighted by molar-refractivity contribution is 6.04. The second kappa shape index (κ2) is 6.04. The molecule has 0 fully saturated rings. The number of hydrogen-bond donors (Lipinski definition) is 3. The quantitative estimate of drug-likeness (QED) is 0.718. The number of rotatable bonds is 4. The van der Waals surface area contributed by atoms with E-state index >= 15 is 0 Å². The van der Waals surface area contributed by atoms with Crippen molar-refractivity contribution < 1.29 is 14.0 Å². The molecule has 110 valence electrons. The summed E-state index contributed by atoms with van der Waals surface area (Å²) in [6, 6.07) is 3.58. The zero-order valence-electron chi connectivity index (χ0n) is 11.3. The number of aromatic nitrogens is 2. The summed E-state index contributed by atoms with van der Waals surface area (Å²) < 4.78 is 14.6. The third kappa shape index (κ3) is 3.78.